The van der Waals surface area contributed by atoms with Gasteiger partial charge in [-0.25, -0.2) is 0 Å². The molecule has 3 rings (SSSR count). The van der Waals surface area contributed by atoms with Gasteiger partial charge in [0.15, 0.2) is 4.77 Å². The number of hydrogen-bond acceptors (Lipinski definition) is 3. The van der Waals surface area contributed by atoms with E-state index in [0.717, 1.165) is 25.9 Å². The number of likely N-dealkylation sites (tertiary alicyclic amines) is 1. The molecule has 5 nitrogen and oxygen atoms in total. The second-order valence-electron chi connectivity index (χ2n) is 5.24. The van der Waals surface area contributed by atoms with Crippen LogP contribution in [0, 0.1) is 4.77 Å². The second-order valence-corrected chi connectivity index (χ2v) is 5.63. The van der Waals surface area contributed by atoms with Gasteiger partial charge in [-0.3, -0.25) is 14.2 Å². The number of aromatic nitrogens is 2. The van der Waals surface area contributed by atoms with Crippen molar-refractivity contribution in [3.63, 3.8) is 0 Å². The van der Waals surface area contributed by atoms with E-state index in [1.54, 1.807) is 18.2 Å². The predicted octanol–water partition coefficient (Wildman–Crippen LogP) is 2.31. The maximum Gasteiger partial charge on any atom is 0.262 e. The molecular formula is C15H17N3O2S. The number of nitrogens with one attached hydrogen (secondary N) is 1. The molecule has 0 atom stereocenters. The molecule has 1 saturated heterocycles. The quantitative estimate of drug-likeness (QED) is 0.866. The Balaban J connectivity index is 2.10. The summed E-state index contributed by atoms with van der Waals surface area (Å²) in [6.07, 6.45) is 2.12. The molecule has 6 heteroatoms. The van der Waals surface area contributed by atoms with E-state index in [4.69, 9.17) is 12.2 Å². The van der Waals surface area contributed by atoms with E-state index < -0.39 is 0 Å². The van der Waals surface area contributed by atoms with Crippen LogP contribution in [0.2, 0.25) is 0 Å². The molecule has 0 unspecified atom stereocenters. The van der Waals surface area contributed by atoms with E-state index in [9.17, 15) is 9.59 Å². The van der Waals surface area contributed by atoms with Crippen molar-refractivity contribution >= 4 is 29.0 Å². The number of carbonyl (C=O) groups is 1. The van der Waals surface area contributed by atoms with Gasteiger partial charge in [-0.15, -0.1) is 0 Å². The number of nitrogens with zero attached hydrogens (tertiary/aromatic N) is 2. The lowest BCUT2D eigenvalue weighted by atomic mass is 10.1. The Morgan fingerprint density at radius 3 is 2.71 bits per heavy atom. The number of aromatic amines is 1. The predicted molar refractivity (Wildman–Crippen MR) is 84.2 cm³/mol. The minimum absolute atomic E-state index is 0.0217. The van der Waals surface area contributed by atoms with Crippen molar-refractivity contribution in [2.24, 2.45) is 0 Å². The van der Waals surface area contributed by atoms with Crippen molar-refractivity contribution in [1.82, 2.24) is 14.5 Å². The number of hydrogen-bond donors (Lipinski definition) is 1. The van der Waals surface area contributed by atoms with Crippen LogP contribution in [0.25, 0.3) is 10.9 Å². The van der Waals surface area contributed by atoms with E-state index in [0.29, 0.717) is 27.8 Å². The Kier molecular flexibility index (Phi) is 3.63. The highest BCUT2D eigenvalue weighted by Gasteiger charge is 2.20. The van der Waals surface area contributed by atoms with Crippen molar-refractivity contribution in [3.8, 4) is 0 Å². The molecule has 21 heavy (non-hydrogen) atoms. The molecule has 1 fully saturated rings. The van der Waals surface area contributed by atoms with E-state index in [-0.39, 0.29) is 11.5 Å². The van der Waals surface area contributed by atoms with Crippen LogP contribution in [-0.4, -0.2) is 33.4 Å². The average molecular weight is 303 g/mol. The molecule has 1 aromatic heterocycles. The first-order chi connectivity index (χ1) is 10.1. The first-order valence-electron chi connectivity index (χ1n) is 7.18. The van der Waals surface area contributed by atoms with Gasteiger partial charge in [-0.05, 0) is 50.2 Å². The molecule has 0 bridgehead atoms. The lowest BCUT2D eigenvalue weighted by molar-refractivity contribution is 0.0793. The second kappa shape index (κ2) is 5.44. The number of rotatable bonds is 2. The Bertz CT molecular complexity index is 816. The molecular weight excluding hydrogens is 286 g/mol. The molecule has 1 aromatic carbocycles. The minimum Gasteiger partial charge on any atom is -0.339 e. The number of amides is 1. The third-order valence-corrected chi connectivity index (χ3v) is 4.26. The van der Waals surface area contributed by atoms with Gasteiger partial charge in [0.05, 0.1) is 10.9 Å². The molecule has 110 valence electrons. The van der Waals surface area contributed by atoms with Crippen LogP contribution >= 0.6 is 12.2 Å². The molecule has 0 saturated carbocycles. The number of carbonyl (C=O) groups excluding carboxylic acids is 1. The van der Waals surface area contributed by atoms with Crippen LogP contribution in [0.5, 0.6) is 0 Å². The van der Waals surface area contributed by atoms with Crippen LogP contribution in [0.4, 0.5) is 0 Å². The molecule has 1 aliphatic rings. The van der Waals surface area contributed by atoms with Crippen LogP contribution in [0.15, 0.2) is 23.0 Å². The summed E-state index contributed by atoms with van der Waals surface area (Å²) in [5.74, 6) is 0.0217. The Hall–Kier alpha value is -1.95. The zero-order valence-electron chi connectivity index (χ0n) is 11.9. The summed E-state index contributed by atoms with van der Waals surface area (Å²) in [6.45, 7) is 4.02. The number of fused-ring (bicyclic) bond motifs is 1. The summed E-state index contributed by atoms with van der Waals surface area (Å²) in [7, 11) is 0. The zero-order valence-corrected chi connectivity index (χ0v) is 12.7. The van der Waals surface area contributed by atoms with Crippen molar-refractivity contribution in [2.45, 2.75) is 26.3 Å². The summed E-state index contributed by atoms with van der Waals surface area (Å²) in [6, 6.07) is 5.16. The monoisotopic (exact) mass is 303 g/mol. The maximum atomic E-state index is 12.4. The fourth-order valence-corrected chi connectivity index (χ4v) is 3.10. The van der Waals surface area contributed by atoms with Crippen LogP contribution in [0.3, 0.4) is 0 Å². The summed E-state index contributed by atoms with van der Waals surface area (Å²) in [5.41, 5.74) is 1.11. The van der Waals surface area contributed by atoms with Crippen LogP contribution in [-0.2, 0) is 6.54 Å². The average Bonchev–Trinajstić information content (AvgIpc) is 3.00. The van der Waals surface area contributed by atoms with Gasteiger partial charge in [0.1, 0.15) is 0 Å². The molecule has 0 aliphatic carbocycles. The largest absolute Gasteiger partial charge is 0.339 e. The maximum absolute atomic E-state index is 12.4. The summed E-state index contributed by atoms with van der Waals surface area (Å²) >= 11 is 5.19. The van der Waals surface area contributed by atoms with Crippen molar-refractivity contribution < 1.29 is 4.79 Å². The van der Waals surface area contributed by atoms with Crippen molar-refractivity contribution in [3.05, 3.63) is 38.9 Å². The first-order valence-corrected chi connectivity index (χ1v) is 7.59. The lowest BCUT2D eigenvalue weighted by Gasteiger charge is -2.15. The Morgan fingerprint density at radius 2 is 2.05 bits per heavy atom. The number of H-pyrrole nitrogens is 1. The number of benzene rings is 1. The molecule has 2 heterocycles. The summed E-state index contributed by atoms with van der Waals surface area (Å²) in [4.78, 5) is 29.6. The van der Waals surface area contributed by atoms with E-state index in [1.165, 1.54) is 4.57 Å². The van der Waals surface area contributed by atoms with Crippen LogP contribution in [0.1, 0.15) is 30.1 Å². The highest BCUT2D eigenvalue weighted by molar-refractivity contribution is 7.71. The zero-order chi connectivity index (χ0) is 15.0. The molecule has 1 N–H and O–H groups in total. The van der Waals surface area contributed by atoms with Gasteiger partial charge >= 0.3 is 0 Å². The van der Waals surface area contributed by atoms with Gasteiger partial charge in [-0.2, -0.15) is 0 Å². The summed E-state index contributed by atoms with van der Waals surface area (Å²) in [5, 5.41) is 0.559. The van der Waals surface area contributed by atoms with E-state index in [1.807, 2.05) is 11.8 Å². The van der Waals surface area contributed by atoms with E-state index in [2.05, 4.69) is 4.98 Å². The standard InChI is InChI=1S/C15H17N3O2S/c1-2-18-14(20)11-6-5-10(9-12(11)16-15(18)21)13(19)17-7-3-4-8-17/h5-6,9H,2-4,7-8H2,1H3,(H,16,21). The molecule has 1 aliphatic heterocycles. The van der Waals surface area contributed by atoms with Gasteiger partial charge in [0, 0.05) is 25.2 Å². The van der Waals surface area contributed by atoms with Gasteiger partial charge in [0.25, 0.3) is 11.5 Å². The lowest BCUT2D eigenvalue weighted by Crippen LogP contribution is -2.27. The Labute approximate surface area is 127 Å². The SMILES string of the molecule is CCn1c(=S)[nH]c2cc(C(=O)N3CCCC3)ccc2c1=O. The normalized spacial score (nSPS) is 14.8. The molecule has 1 amide bonds. The third-order valence-electron chi connectivity index (χ3n) is 3.94. The fraction of sp³-hybridized carbons (Fsp3) is 0.400. The third kappa shape index (κ3) is 2.40. The van der Waals surface area contributed by atoms with Crippen LogP contribution < -0.4 is 5.56 Å². The van der Waals surface area contributed by atoms with E-state index >= 15 is 0 Å². The Morgan fingerprint density at radius 1 is 1.33 bits per heavy atom. The summed E-state index contributed by atoms with van der Waals surface area (Å²) < 4.78 is 1.90. The van der Waals surface area contributed by atoms with Gasteiger partial charge in [0.2, 0.25) is 0 Å². The van der Waals surface area contributed by atoms with Gasteiger partial charge < -0.3 is 9.88 Å². The van der Waals surface area contributed by atoms with Gasteiger partial charge in [-0.1, -0.05) is 0 Å². The molecule has 0 radical (unpaired) electrons. The molecule has 2 aromatic rings. The topological polar surface area (TPSA) is 58.1 Å². The fourth-order valence-electron chi connectivity index (χ4n) is 2.78. The first kappa shape index (κ1) is 14.0. The minimum atomic E-state index is -0.114. The smallest absolute Gasteiger partial charge is 0.262 e. The molecule has 0 spiro atoms. The highest BCUT2D eigenvalue weighted by Crippen LogP contribution is 2.16. The highest BCUT2D eigenvalue weighted by atomic mass is 32.1. The van der Waals surface area contributed by atoms with Crippen molar-refractivity contribution in [2.75, 3.05) is 13.1 Å². The van der Waals surface area contributed by atoms with Crippen molar-refractivity contribution in [1.29, 1.82) is 0 Å².